The summed E-state index contributed by atoms with van der Waals surface area (Å²) in [6, 6.07) is 8.42. The van der Waals surface area contributed by atoms with Gasteiger partial charge in [0.15, 0.2) is 0 Å². The molecule has 0 fully saturated rings. The second-order valence-corrected chi connectivity index (χ2v) is 4.50. The van der Waals surface area contributed by atoms with Crippen molar-refractivity contribution >= 4 is 11.8 Å². The molecule has 0 saturated carbocycles. The van der Waals surface area contributed by atoms with Crippen molar-refractivity contribution in [1.29, 1.82) is 0 Å². The summed E-state index contributed by atoms with van der Waals surface area (Å²) in [7, 11) is 0. The number of benzene rings is 1. The molecule has 0 aliphatic rings. The molecule has 0 saturated heterocycles. The third-order valence-corrected chi connectivity index (χ3v) is 3.22. The molecule has 13 heavy (non-hydrogen) atoms. The van der Waals surface area contributed by atoms with Crippen molar-refractivity contribution in [3.8, 4) is 0 Å². The molecule has 0 aromatic heterocycles. The molecular weight excluding hydrogens is 178 g/mol. The van der Waals surface area contributed by atoms with E-state index in [1.54, 1.807) is 0 Å². The van der Waals surface area contributed by atoms with Gasteiger partial charge in [0.1, 0.15) is 0 Å². The van der Waals surface area contributed by atoms with E-state index in [9.17, 15) is 0 Å². The Bertz CT molecular complexity index is 260. The van der Waals surface area contributed by atoms with Gasteiger partial charge in [-0.25, -0.2) is 0 Å². The summed E-state index contributed by atoms with van der Waals surface area (Å²) in [6.45, 7) is 2.90. The van der Waals surface area contributed by atoms with Gasteiger partial charge in [0.25, 0.3) is 0 Å². The van der Waals surface area contributed by atoms with Crippen molar-refractivity contribution in [3.05, 3.63) is 35.4 Å². The molecule has 1 nitrogen and oxygen atoms in total. The van der Waals surface area contributed by atoms with Crippen LogP contribution >= 0.6 is 11.8 Å². The van der Waals surface area contributed by atoms with Gasteiger partial charge in [-0.3, -0.25) is 0 Å². The fraction of sp³-hybridized carbons (Fsp3) is 0.455. The Labute approximate surface area is 84.7 Å². The van der Waals surface area contributed by atoms with Gasteiger partial charge < -0.3 is 5.73 Å². The van der Waals surface area contributed by atoms with Crippen LogP contribution in [0.2, 0.25) is 0 Å². The minimum Gasteiger partial charge on any atom is -0.326 e. The predicted molar refractivity (Wildman–Crippen MR) is 61.0 cm³/mol. The molecule has 1 atom stereocenters. The van der Waals surface area contributed by atoms with E-state index < -0.39 is 0 Å². The maximum atomic E-state index is 5.66. The van der Waals surface area contributed by atoms with Gasteiger partial charge >= 0.3 is 0 Å². The normalized spacial score (nSPS) is 12.8. The van der Waals surface area contributed by atoms with E-state index in [4.69, 9.17) is 5.73 Å². The highest BCUT2D eigenvalue weighted by Crippen LogP contribution is 2.16. The fourth-order valence-electron chi connectivity index (χ4n) is 1.35. The first-order valence-electron chi connectivity index (χ1n) is 4.57. The molecule has 1 aromatic carbocycles. The first-order valence-corrected chi connectivity index (χ1v) is 5.86. The molecule has 0 amide bonds. The second kappa shape index (κ2) is 5.30. The van der Waals surface area contributed by atoms with Gasteiger partial charge in [-0.1, -0.05) is 31.2 Å². The summed E-state index contributed by atoms with van der Waals surface area (Å²) in [5.74, 6) is 0. The van der Waals surface area contributed by atoms with Crippen LogP contribution in [-0.2, 0) is 13.0 Å². The van der Waals surface area contributed by atoms with Gasteiger partial charge in [0, 0.05) is 11.8 Å². The van der Waals surface area contributed by atoms with Crippen LogP contribution < -0.4 is 5.73 Å². The quantitative estimate of drug-likeness (QED) is 0.798. The second-order valence-electron chi connectivity index (χ2n) is 3.22. The van der Waals surface area contributed by atoms with Crippen LogP contribution in [0.25, 0.3) is 0 Å². The SMILES string of the molecule is CSC(C)Cc1ccccc1CN. The van der Waals surface area contributed by atoms with Crippen LogP contribution in [0.1, 0.15) is 18.1 Å². The Morgan fingerprint density at radius 3 is 2.46 bits per heavy atom. The zero-order valence-corrected chi connectivity index (χ0v) is 9.10. The molecule has 72 valence electrons. The van der Waals surface area contributed by atoms with Gasteiger partial charge in [-0.15, -0.1) is 0 Å². The van der Waals surface area contributed by atoms with Crippen molar-refractivity contribution in [2.75, 3.05) is 6.26 Å². The van der Waals surface area contributed by atoms with Crippen molar-refractivity contribution in [2.45, 2.75) is 25.1 Å². The lowest BCUT2D eigenvalue weighted by atomic mass is 10.0. The maximum absolute atomic E-state index is 5.66. The molecule has 0 aliphatic heterocycles. The summed E-state index contributed by atoms with van der Waals surface area (Å²) < 4.78 is 0. The molecular formula is C11H17NS. The molecule has 1 rings (SSSR count). The Kier molecular flexibility index (Phi) is 4.33. The highest BCUT2D eigenvalue weighted by molar-refractivity contribution is 7.99. The van der Waals surface area contributed by atoms with Gasteiger partial charge in [0.05, 0.1) is 0 Å². The molecule has 0 heterocycles. The number of hydrogen-bond donors (Lipinski definition) is 1. The largest absolute Gasteiger partial charge is 0.326 e. The predicted octanol–water partition coefficient (Wildman–Crippen LogP) is 2.44. The molecule has 0 radical (unpaired) electrons. The van der Waals surface area contributed by atoms with Gasteiger partial charge in [-0.05, 0) is 23.8 Å². The van der Waals surface area contributed by atoms with E-state index in [0.717, 1.165) is 6.42 Å². The van der Waals surface area contributed by atoms with Gasteiger partial charge in [0.2, 0.25) is 0 Å². The van der Waals surface area contributed by atoms with E-state index in [1.807, 2.05) is 11.8 Å². The van der Waals surface area contributed by atoms with E-state index in [-0.39, 0.29) is 0 Å². The molecule has 0 bridgehead atoms. The number of hydrogen-bond acceptors (Lipinski definition) is 2. The minimum absolute atomic E-state index is 0.650. The molecule has 0 spiro atoms. The summed E-state index contributed by atoms with van der Waals surface area (Å²) in [5.41, 5.74) is 8.34. The summed E-state index contributed by atoms with van der Waals surface area (Å²) in [6.07, 6.45) is 3.27. The van der Waals surface area contributed by atoms with Crippen molar-refractivity contribution in [2.24, 2.45) is 5.73 Å². The number of rotatable bonds is 4. The monoisotopic (exact) mass is 195 g/mol. The van der Waals surface area contributed by atoms with E-state index in [1.165, 1.54) is 11.1 Å². The summed E-state index contributed by atoms with van der Waals surface area (Å²) in [4.78, 5) is 0. The molecule has 1 unspecified atom stereocenters. The lowest BCUT2D eigenvalue weighted by Crippen LogP contribution is -2.06. The average Bonchev–Trinajstić information content (AvgIpc) is 2.18. The van der Waals surface area contributed by atoms with Crippen LogP contribution in [0.3, 0.4) is 0 Å². The summed E-state index contributed by atoms with van der Waals surface area (Å²) >= 11 is 1.90. The van der Waals surface area contributed by atoms with Crippen molar-refractivity contribution in [1.82, 2.24) is 0 Å². The minimum atomic E-state index is 0.650. The third kappa shape index (κ3) is 3.05. The Morgan fingerprint density at radius 2 is 1.92 bits per heavy atom. The highest BCUT2D eigenvalue weighted by Gasteiger charge is 2.04. The van der Waals surface area contributed by atoms with Crippen LogP contribution in [-0.4, -0.2) is 11.5 Å². The number of nitrogens with two attached hydrogens (primary N) is 1. The fourth-order valence-corrected chi connectivity index (χ4v) is 1.70. The van der Waals surface area contributed by atoms with Crippen LogP contribution in [0.15, 0.2) is 24.3 Å². The smallest absolute Gasteiger partial charge is 0.0180 e. The maximum Gasteiger partial charge on any atom is 0.0180 e. The van der Waals surface area contributed by atoms with Crippen LogP contribution in [0.4, 0.5) is 0 Å². The van der Waals surface area contributed by atoms with E-state index in [2.05, 4.69) is 37.4 Å². The first kappa shape index (κ1) is 10.6. The zero-order valence-electron chi connectivity index (χ0n) is 8.29. The molecule has 0 aliphatic carbocycles. The van der Waals surface area contributed by atoms with Crippen molar-refractivity contribution < 1.29 is 0 Å². The lowest BCUT2D eigenvalue weighted by molar-refractivity contribution is 0.912. The van der Waals surface area contributed by atoms with E-state index >= 15 is 0 Å². The topological polar surface area (TPSA) is 26.0 Å². The molecule has 2 heteroatoms. The Morgan fingerprint density at radius 1 is 1.31 bits per heavy atom. The zero-order chi connectivity index (χ0) is 9.68. The standard InChI is InChI=1S/C11H17NS/c1-9(13-2)7-10-5-3-4-6-11(10)8-12/h3-6,9H,7-8,12H2,1-2H3. The number of thioether (sulfide) groups is 1. The third-order valence-electron chi connectivity index (χ3n) is 2.25. The highest BCUT2D eigenvalue weighted by atomic mass is 32.2. The Balaban J connectivity index is 2.74. The molecule has 1 aromatic rings. The van der Waals surface area contributed by atoms with Crippen LogP contribution in [0.5, 0.6) is 0 Å². The van der Waals surface area contributed by atoms with E-state index in [0.29, 0.717) is 11.8 Å². The lowest BCUT2D eigenvalue weighted by Gasteiger charge is -2.11. The molecule has 2 N–H and O–H groups in total. The Hall–Kier alpha value is -0.470. The van der Waals surface area contributed by atoms with Gasteiger partial charge in [-0.2, -0.15) is 11.8 Å². The van der Waals surface area contributed by atoms with Crippen molar-refractivity contribution in [3.63, 3.8) is 0 Å². The average molecular weight is 195 g/mol. The van der Waals surface area contributed by atoms with Crippen LogP contribution in [0, 0.1) is 0 Å². The first-order chi connectivity index (χ1) is 6.27. The summed E-state index contributed by atoms with van der Waals surface area (Å²) in [5, 5.41) is 0.674.